The highest BCUT2D eigenvalue weighted by atomic mass is 32.2. The molecule has 3 aromatic rings. The number of allylic oxidation sites excluding steroid dienone is 1. The first-order chi connectivity index (χ1) is 17.4. The van der Waals surface area contributed by atoms with Gasteiger partial charge in [0.05, 0.1) is 21.9 Å². The summed E-state index contributed by atoms with van der Waals surface area (Å²) in [5, 5.41) is 13.7. The van der Waals surface area contributed by atoms with Crippen LogP contribution >= 0.6 is 0 Å². The van der Waals surface area contributed by atoms with Gasteiger partial charge < -0.3 is 10.4 Å². The summed E-state index contributed by atoms with van der Waals surface area (Å²) < 4.78 is 71.7. The fourth-order valence-electron chi connectivity index (χ4n) is 5.10. The summed E-state index contributed by atoms with van der Waals surface area (Å²) >= 11 is 0. The summed E-state index contributed by atoms with van der Waals surface area (Å²) in [6.45, 7) is 3.50. The van der Waals surface area contributed by atoms with Crippen molar-refractivity contribution in [2.75, 3.05) is 16.0 Å². The van der Waals surface area contributed by atoms with Crippen molar-refractivity contribution in [3.05, 3.63) is 99.8 Å². The highest BCUT2D eigenvalue weighted by Crippen LogP contribution is 2.51. The number of phenolic OH excluding ortho intramolecular Hbond substituents is 1. The number of nitrogens with zero attached hydrogens (tertiary/aromatic N) is 1. The van der Waals surface area contributed by atoms with Gasteiger partial charge >= 0.3 is 0 Å². The number of para-hydroxylation sites is 1. The van der Waals surface area contributed by atoms with E-state index in [1.165, 1.54) is 36.4 Å². The number of carbonyl (C=O) groups is 1. The number of phenols is 1. The van der Waals surface area contributed by atoms with Crippen LogP contribution in [0.25, 0.3) is 0 Å². The van der Waals surface area contributed by atoms with Crippen molar-refractivity contribution in [1.29, 1.82) is 0 Å². The molecule has 0 spiro atoms. The lowest BCUT2D eigenvalue weighted by molar-refractivity contribution is 0.0976. The number of hydrogen-bond acceptors (Lipinski definition) is 5. The number of anilines is 2. The Morgan fingerprint density at radius 1 is 1.03 bits per heavy atom. The molecule has 0 saturated heterocycles. The van der Waals surface area contributed by atoms with E-state index in [0.29, 0.717) is 6.07 Å². The SMILES string of the molecule is CC1(C)CC2=C(C(c3ccc(F)cc3F)N(C(=O)c3ccccc3F)c3cccc(O)c3N2)S(=O)(=O)C1. The summed E-state index contributed by atoms with van der Waals surface area (Å²) in [4.78, 5) is 14.6. The number of nitrogens with one attached hydrogen (secondary N) is 1. The molecule has 192 valence electrons. The second-order valence-corrected chi connectivity index (χ2v) is 11.9. The van der Waals surface area contributed by atoms with E-state index in [0.717, 1.165) is 23.1 Å². The molecule has 1 atom stereocenters. The van der Waals surface area contributed by atoms with Crippen LogP contribution in [-0.2, 0) is 9.84 Å². The summed E-state index contributed by atoms with van der Waals surface area (Å²) in [7, 11) is -4.14. The average Bonchev–Trinajstić information content (AvgIpc) is 2.93. The van der Waals surface area contributed by atoms with E-state index in [1.807, 2.05) is 0 Å². The minimum absolute atomic E-state index is 0.00406. The molecule has 1 amide bonds. The third-order valence-corrected chi connectivity index (χ3v) is 8.81. The van der Waals surface area contributed by atoms with Crippen molar-refractivity contribution in [2.24, 2.45) is 5.41 Å². The predicted octanol–water partition coefficient (Wildman–Crippen LogP) is 5.68. The molecule has 2 aliphatic rings. The monoisotopic (exact) mass is 528 g/mol. The molecule has 1 unspecified atom stereocenters. The molecule has 0 aliphatic carbocycles. The average molecular weight is 529 g/mol. The number of halogens is 3. The van der Waals surface area contributed by atoms with Crippen molar-refractivity contribution in [3.63, 3.8) is 0 Å². The lowest BCUT2D eigenvalue weighted by atomic mass is 9.88. The van der Waals surface area contributed by atoms with E-state index in [2.05, 4.69) is 5.32 Å². The Bertz CT molecular complexity index is 1580. The summed E-state index contributed by atoms with van der Waals surface area (Å²) in [6.07, 6.45) is 0.191. The van der Waals surface area contributed by atoms with Gasteiger partial charge in [0.25, 0.3) is 5.91 Å². The molecule has 0 radical (unpaired) electrons. The number of sulfone groups is 1. The zero-order valence-electron chi connectivity index (χ0n) is 19.9. The minimum Gasteiger partial charge on any atom is -0.506 e. The maximum atomic E-state index is 15.4. The highest BCUT2D eigenvalue weighted by Gasteiger charge is 2.48. The van der Waals surface area contributed by atoms with Crippen molar-refractivity contribution >= 4 is 27.1 Å². The quantitative estimate of drug-likeness (QED) is 0.418. The van der Waals surface area contributed by atoms with E-state index in [1.54, 1.807) is 13.8 Å². The first-order valence-corrected chi connectivity index (χ1v) is 13.1. The van der Waals surface area contributed by atoms with Gasteiger partial charge in [-0.05, 0) is 42.2 Å². The van der Waals surface area contributed by atoms with E-state index >= 15 is 4.39 Å². The molecule has 0 bridgehead atoms. The lowest BCUT2D eigenvalue weighted by Gasteiger charge is -2.37. The largest absolute Gasteiger partial charge is 0.506 e. The Kier molecular flexibility index (Phi) is 5.82. The standard InChI is InChI=1S/C27H23F3N2O4S/c1-27(2)13-20-25(37(35,36)14-27)24(16-11-10-15(28)12-19(16)30)32(21-8-5-9-22(33)23(21)31-20)26(34)17-6-3-4-7-18(17)29/h3-12,24,31,33H,13-14H2,1-2H3. The molecule has 2 heterocycles. The van der Waals surface area contributed by atoms with Gasteiger partial charge in [-0.15, -0.1) is 0 Å². The van der Waals surface area contributed by atoms with Crippen molar-refractivity contribution in [1.82, 2.24) is 0 Å². The number of hydrogen-bond donors (Lipinski definition) is 2. The number of fused-ring (bicyclic) bond motifs is 1. The van der Waals surface area contributed by atoms with Gasteiger partial charge in [-0.3, -0.25) is 9.69 Å². The van der Waals surface area contributed by atoms with E-state index in [9.17, 15) is 27.1 Å². The molecule has 0 fully saturated rings. The van der Waals surface area contributed by atoms with E-state index in [-0.39, 0.29) is 51.0 Å². The Labute approximate surface area is 212 Å². The normalized spacial score (nSPS) is 19.9. The number of amides is 1. The molecule has 37 heavy (non-hydrogen) atoms. The van der Waals surface area contributed by atoms with Gasteiger partial charge in [0.1, 0.15) is 34.9 Å². The van der Waals surface area contributed by atoms with Crippen LogP contribution in [0.2, 0.25) is 0 Å². The van der Waals surface area contributed by atoms with E-state index < -0.39 is 44.7 Å². The van der Waals surface area contributed by atoms with Crippen LogP contribution in [-0.4, -0.2) is 25.2 Å². The second-order valence-electron chi connectivity index (χ2n) is 9.96. The first-order valence-electron chi connectivity index (χ1n) is 11.5. The highest BCUT2D eigenvalue weighted by molar-refractivity contribution is 7.95. The van der Waals surface area contributed by atoms with Gasteiger partial charge in [-0.25, -0.2) is 21.6 Å². The van der Waals surface area contributed by atoms with Crippen LogP contribution in [0.4, 0.5) is 24.5 Å². The molecule has 10 heteroatoms. The molecule has 0 saturated carbocycles. The number of benzene rings is 3. The van der Waals surface area contributed by atoms with Gasteiger partial charge in [0, 0.05) is 17.3 Å². The molecule has 2 N–H and O–H groups in total. The Morgan fingerprint density at radius 2 is 1.76 bits per heavy atom. The fourth-order valence-corrected chi connectivity index (χ4v) is 7.45. The molecular weight excluding hydrogens is 505 g/mol. The van der Waals surface area contributed by atoms with Gasteiger partial charge in [-0.2, -0.15) is 0 Å². The Hall–Kier alpha value is -3.79. The zero-order valence-corrected chi connectivity index (χ0v) is 20.7. The van der Waals surface area contributed by atoms with Crippen LogP contribution in [0, 0.1) is 22.9 Å². The summed E-state index contributed by atoms with van der Waals surface area (Å²) in [5.74, 6) is -4.40. The summed E-state index contributed by atoms with van der Waals surface area (Å²) in [6, 6.07) is 10.4. The minimum atomic E-state index is -4.14. The number of aromatic hydroxyl groups is 1. The third-order valence-electron chi connectivity index (χ3n) is 6.51. The van der Waals surface area contributed by atoms with Crippen LogP contribution in [0.15, 0.2) is 71.3 Å². The van der Waals surface area contributed by atoms with Crippen LogP contribution in [0.3, 0.4) is 0 Å². The molecule has 0 aromatic heterocycles. The van der Waals surface area contributed by atoms with Crippen LogP contribution in [0.5, 0.6) is 5.75 Å². The fraction of sp³-hybridized carbons (Fsp3) is 0.222. The second kappa shape index (κ2) is 8.65. The number of rotatable bonds is 2. The van der Waals surface area contributed by atoms with Crippen molar-refractivity contribution in [3.8, 4) is 5.75 Å². The Balaban J connectivity index is 1.90. The van der Waals surface area contributed by atoms with Crippen molar-refractivity contribution in [2.45, 2.75) is 26.3 Å². The summed E-state index contributed by atoms with van der Waals surface area (Å²) in [5.41, 5.74) is -1.23. The third kappa shape index (κ3) is 4.25. The van der Waals surface area contributed by atoms with Gasteiger partial charge in [-0.1, -0.05) is 38.1 Å². The topological polar surface area (TPSA) is 86.7 Å². The lowest BCUT2D eigenvalue weighted by Crippen LogP contribution is -2.41. The van der Waals surface area contributed by atoms with Gasteiger partial charge in [0.15, 0.2) is 9.84 Å². The predicted molar refractivity (Wildman–Crippen MR) is 133 cm³/mol. The van der Waals surface area contributed by atoms with Crippen molar-refractivity contribution < 1.29 is 31.5 Å². The zero-order chi connectivity index (χ0) is 26.7. The molecule has 2 aliphatic heterocycles. The van der Waals surface area contributed by atoms with Crippen LogP contribution < -0.4 is 10.2 Å². The maximum Gasteiger partial charge on any atom is 0.262 e. The van der Waals surface area contributed by atoms with Crippen LogP contribution in [0.1, 0.15) is 42.2 Å². The van der Waals surface area contributed by atoms with Gasteiger partial charge in [0.2, 0.25) is 0 Å². The maximum absolute atomic E-state index is 15.4. The molecular formula is C27H23F3N2O4S. The number of carbonyl (C=O) groups excluding carboxylic acids is 1. The molecule has 3 aromatic carbocycles. The smallest absolute Gasteiger partial charge is 0.262 e. The molecule has 5 rings (SSSR count). The van der Waals surface area contributed by atoms with E-state index in [4.69, 9.17) is 0 Å². The first kappa shape index (κ1) is 24.9. The Morgan fingerprint density at radius 3 is 2.46 bits per heavy atom. The molecule has 6 nitrogen and oxygen atoms in total.